The first-order valence-corrected chi connectivity index (χ1v) is 11.5. The largest absolute Gasteiger partial charge is 0.489 e. The van der Waals surface area contributed by atoms with Crippen molar-refractivity contribution < 1.29 is 27.1 Å². The van der Waals surface area contributed by atoms with Crippen LogP contribution in [0.4, 0.5) is 23.4 Å². The Morgan fingerprint density at radius 3 is 2.14 bits per heavy atom. The Kier molecular flexibility index (Phi) is 7.33. The highest BCUT2D eigenvalue weighted by atomic mass is 19.2. The van der Waals surface area contributed by atoms with Gasteiger partial charge in [-0.15, -0.1) is 0 Å². The molecule has 1 heterocycles. The first-order valence-electron chi connectivity index (χ1n) is 11.5. The van der Waals surface area contributed by atoms with E-state index in [4.69, 9.17) is 4.74 Å². The topological polar surface area (TPSA) is 56.1 Å². The molecule has 0 radical (unpaired) electrons. The summed E-state index contributed by atoms with van der Waals surface area (Å²) in [7, 11) is 0. The SMILES string of the molecule is CC(C)(C)c1ccc(OCc2ccc(C(=O)Nc3ccn(Cc4c(F)c(F)cc(F)c4F)n3)cc2)cc1. The molecule has 4 rings (SSSR count). The molecule has 0 atom stereocenters. The van der Waals surface area contributed by atoms with Crippen molar-refractivity contribution in [2.75, 3.05) is 5.32 Å². The van der Waals surface area contributed by atoms with Crippen molar-refractivity contribution in [3.8, 4) is 5.75 Å². The van der Waals surface area contributed by atoms with E-state index in [-0.39, 0.29) is 17.3 Å². The molecular weight excluding hydrogens is 486 g/mol. The lowest BCUT2D eigenvalue weighted by Crippen LogP contribution is -2.13. The van der Waals surface area contributed by atoms with Crippen molar-refractivity contribution in [2.24, 2.45) is 0 Å². The average Bonchev–Trinajstić information content (AvgIpc) is 3.31. The molecule has 0 spiro atoms. The molecule has 0 saturated heterocycles. The standard InChI is InChI=1S/C28H25F4N3O2/c1-28(2,3)19-8-10-20(11-9-19)37-16-17-4-6-18(7-5-17)27(36)33-24-12-13-35(34-24)15-21-25(31)22(29)14-23(30)26(21)32/h4-14H,15-16H2,1-3H3,(H,33,34,36). The van der Waals surface area contributed by atoms with Gasteiger partial charge in [0.05, 0.1) is 12.1 Å². The van der Waals surface area contributed by atoms with Gasteiger partial charge in [0.1, 0.15) is 12.4 Å². The maximum Gasteiger partial charge on any atom is 0.256 e. The lowest BCUT2D eigenvalue weighted by atomic mass is 9.87. The molecule has 0 aliphatic heterocycles. The summed E-state index contributed by atoms with van der Waals surface area (Å²) >= 11 is 0. The van der Waals surface area contributed by atoms with E-state index in [1.807, 2.05) is 24.3 Å². The van der Waals surface area contributed by atoms with E-state index in [0.717, 1.165) is 16.0 Å². The van der Waals surface area contributed by atoms with Crippen LogP contribution in [0.5, 0.6) is 5.75 Å². The normalized spacial score (nSPS) is 11.4. The third-order valence-corrected chi connectivity index (χ3v) is 5.75. The average molecular weight is 512 g/mol. The summed E-state index contributed by atoms with van der Waals surface area (Å²) < 4.78 is 61.6. The molecule has 1 aromatic heterocycles. The van der Waals surface area contributed by atoms with Crippen molar-refractivity contribution in [3.63, 3.8) is 0 Å². The molecule has 1 N–H and O–H groups in total. The van der Waals surface area contributed by atoms with Crippen LogP contribution >= 0.6 is 0 Å². The Morgan fingerprint density at radius 2 is 1.54 bits per heavy atom. The minimum Gasteiger partial charge on any atom is -0.489 e. The monoisotopic (exact) mass is 511 g/mol. The van der Waals surface area contributed by atoms with Gasteiger partial charge in [0.2, 0.25) is 0 Å². The van der Waals surface area contributed by atoms with E-state index in [1.54, 1.807) is 24.3 Å². The minimum atomic E-state index is -1.50. The van der Waals surface area contributed by atoms with Crippen LogP contribution in [-0.4, -0.2) is 15.7 Å². The predicted octanol–water partition coefficient (Wildman–Crippen LogP) is 6.62. The van der Waals surface area contributed by atoms with Crippen LogP contribution < -0.4 is 10.1 Å². The zero-order chi connectivity index (χ0) is 26.7. The maximum atomic E-state index is 13.9. The van der Waals surface area contributed by atoms with Gasteiger partial charge in [-0.2, -0.15) is 5.10 Å². The molecule has 0 saturated carbocycles. The Balaban J connectivity index is 1.34. The van der Waals surface area contributed by atoms with Gasteiger partial charge in [-0.05, 0) is 40.8 Å². The molecule has 4 aromatic rings. The molecule has 192 valence electrons. The lowest BCUT2D eigenvalue weighted by Gasteiger charge is -2.19. The highest BCUT2D eigenvalue weighted by Gasteiger charge is 2.20. The van der Waals surface area contributed by atoms with Crippen molar-refractivity contribution >= 4 is 11.7 Å². The number of hydrogen-bond acceptors (Lipinski definition) is 3. The fourth-order valence-electron chi connectivity index (χ4n) is 3.60. The first kappa shape index (κ1) is 25.9. The molecule has 0 unspecified atom stereocenters. The summed E-state index contributed by atoms with van der Waals surface area (Å²) in [5.74, 6) is -5.59. The number of nitrogens with one attached hydrogen (secondary N) is 1. The Morgan fingerprint density at radius 1 is 0.919 bits per heavy atom. The van der Waals surface area contributed by atoms with Crippen LogP contribution in [0.2, 0.25) is 0 Å². The number of carbonyl (C=O) groups is 1. The van der Waals surface area contributed by atoms with E-state index in [2.05, 4.69) is 31.2 Å². The number of halogens is 4. The summed E-state index contributed by atoms with van der Waals surface area (Å²) in [6.45, 7) is 6.20. The molecule has 0 bridgehead atoms. The first-order chi connectivity index (χ1) is 17.5. The fraction of sp³-hybridized carbons (Fsp3) is 0.214. The Labute approximate surface area is 211 Å². The highest BCUT2D eigenvalue weighted by Crippen LogP contribution is 2.25. The summed E-state index contributed by atoms with van der Waals surface area (Å²) in [6.07, 6.45) is 1.33. The molecule has 0 fully saturated rings. The number of benzene rings is 3. The summed E-state index contributed by atoms with van der Waals surface area (Å²) in [4.78, 5) is 12.6. The molecular formula is C28H25F4N3O2. The van der Waals surface area contributed by atoms with Gasteiger partial charge in [0.15, 0.2) is 29.1 Å². The van der Waals surface area contributed by atoms with Gasteiger partial charge in [-0.3, -0.25) is 9.48 Å². The number of aromatic nitrogens is 2. The number of amides is 1. The molecule has 0 aliphatic carbocycles. The van der Waals surface area contributed by atoms with Crippen LogP contribution in [0.15, 0.2) is 66.9 Å². The zero-order valence-electron chi connectivity index (χ0n) is 20.5. The van der Waals surface area contributed by atoms with Crippen LogP contribution in [-0.2, 0) is 18.6 Å². The number of ether oxygens (including phenoxy) is 1. The minimum absolute atomic E-state index is 0.0592. The van der Waals surface area contributed by atoms with E-state index < -0.39 is 41.3 Å². The molecule has 3 aromatic carbocycles. The Hall–Kier alpha value is -4.14. The molecule has 1 amide bonds. The third kappa shape index (κ3) is 6.17. The highest BCUT2D eigenvalue weighted by molar-refractivity contribution is 6.03. The van der Waals surface area contributed by atoms with Crippen molar-refractivity contribution in [1.82, 2.24) is 9.78 Å². The number of nitrogens with zero attached hydrogens (tertiary/aromatic N) is 2. The maximum absolute atomic E-state index is 13.9. The van der Waals surface area contributed by atoms with Crippen LogP contribution in [0.1, 0.15) is 47.8 Å². The van der Waals surface area contributed by atoms with E-state index in [1.165, 1.54) is 17.8 Å². The van der Waals surface area contributed by atoms with Crippen molar-refractivity contribution in [1.29, 1.82) is 0 Å². The van der Waals surface area contributed by atoms with Gasteiger partial charge < -0.3 is 10.1 Å². The van der Waals surface area contributed by atoms with Gasteiger partial charge in [0, 0.05) is 23.9 Å². The summed E-state index contributed by atoms with van der Waals surface area (Å²) in [6, 6.07) is 16.3. The van der Waals surface area contributed by atoms with E-state index in [9.17, 15) is 22.4 Å². The van der Waals surface area contributed by atoms with Crippen LogP contribution in [0.25, 0.3) is 0 Å². The predicted molar refractivity (Wildman–Crippen MR) is 131 cm³/mol. The van der Waals surface area contributed by atoms with Crippen molar-refractivity contribution in [2.45, 2.75) is 39.3 Å². The van der Waals surface area contributed by atoms with Crippen molar-refractivity contribution in [3.05, 3.63) is 112 Å². The Bertz CT molecular complexity index is 1380. The lowest BCUT2D eigenvalue weighted by molar-refractivity contribution is 0.102. The van der Waals surface area contributed by atoms with Crippen LogP contribution in [0, 0.1) is 23.3 Å². The van der Waals surface area contributed by atoms with E-state index >= 15 is 0 Å². The molecule has 9 heteroatoms. The number of rotatable bonds is 7. The van der Waals surface area contributed by atoms with Gasteiger partial charge >= 0.3 is 0 Å². The summed E-state index contributed by atoms with van der Waals surface area (Å²) in [5.41, 5.74) is 1.69. The molecule has 37 heavy (non-hydrogen) atoms. The number of anilines is 1. The quantitative estimate of drug-likeness (QED) is 0.224. The smallest absolute Gasteiger partial charge is 0.256 e. The second-order valence-corrected chi connectivity index (χ2v) is 9.56. The second kappa shape index (κ2) is 10.5. The summed E-state index contributed by atoms with van der Waals surface area (Å²) in [5, 5.41) is 6.57. The zero-order valence-corrected chi connectivity index (χ0v) is 20.5. The number of carbonyl (C=O) groups excluding carboxylic acids is 1. The molecule has 0 aliphatic rings. The van der Waals surface area contributed by atoms with Gasteiger partial charge in [-0.1, -0.05) is 45.0 Å². The fourth-order valence-corrected chi connectivity index (χ4v) is 3.60. The van der Waals surface area contributed by atoms with Crippen LogP contribution in [0.3, 0.4) is 0 Å². The third-order valence-electron chi connectivity index (χ3n) is 5.75. The van der Waals surface area contributed by atoms with E-state index in [0.29, 0.717) is 12.2 Å². The second-order valence-electron chi connectivity index (χ2n) is 9.56. The van der Waals surface area contributed by atoms with Gasteiger partial charge in [-0.25, -0.2) is 17.6 Å². The number of hydrogen-bond donors (Lipinski definition) is 1. The molecule has 5 nitrogen and oxygen atoms in total. The van der Waals surface area contributed by atoms with Gasteiger partial charge in [0.25, 0.3) is 5.91 Å².